The minimum Gasteiger partial charge on any atom is -0.378 e. The topological polar surface area (TPSA) is 49.3 Å². The van der Waals surface area contributed by atoms with E-state index in [9.17, 15) is 9.90 Å². The van der Waals surface area contributed by atoms with Crippen LogP contribution in [0.1, 0.15) is 38.9 Å². The number of aliphatic hydroxyl groups is 1. The fraction of sp³-hybridized carbons (Fsp3) is 0.462. The van der Waals surface area contributed by atoms with Gasteiger partial charge < -0.3 is 10.4 Å². The van der Waals surface area contributed by atoms with Gasteiger partial charge in [-0.3, -0.25) is 4.79 Å². The van der Waals surface area contributed by atoms with Crippen molar-refractivity contribution in [2.75, 3.05) is 0 Å². The molecule has 0 saturated heterocycles. The Balaban J connectivity index is 2.69. The molecule has 1 atom stereocenters. The molecule has 1 rings (SSSR count). The van der Waals surface area contributed by atoms with E-state index in [0.717, 1.165) is 6.42 Å². The summed E-state index contributed by atoms with van der Waals surface area (Å²) >= 11 is 0. The van der Waals surface area contributed by atoms with Crippen molar-refractivity contribution >= 4 is 5.91 Å². The van der Waals surface area contributed by atoms with Gasteiger partial charge in [-0.2, -0.15) is 0 Å². The number of aliphatic hydroxyl groups excluding tert-OH is 1. The standard InChI is InChI=1S/C13H19NO2/c1-4-13(2,3)14-12(16)11(15)10-8-6-5-7-9-10/h5-9,11,15H,4H2,1-3H3,(H,14,16). The molecule has 0 spiro atoms. The van der Waals surface area contributed by atoms with E-state index in [4.69, 9.17) is 0 Å². The summed E-state index contributed by atoms with van der Waals surface area (Å²) in [6, 6.07) is 8.93. The SMILES string of the molecule is CCC(C)(C)NC(=O)C(O)c1ccccc1. The molecule has 1 amide bonds. The van der Waals surface area contributed by atoms with Crippen LogP contribution in [0.25, 0.3) is 0 Å². The zero-order valence-electron chi connectivity index (χ0n) is 10.0. The number of benzene rings is 1. The van der Waals surface area contributed by atoms with E-state index in [2.05, 4.69) is 5.32 Å². The van der Waals surface area contributed by atoms with Gasteiger partial charge in [0.2, 0.25) is 0 Å². The fourth-order valence-corrected chi connectivity index (χ4v) is 1.28. The second-order valence-electron chi connectivity index (χ2n) is 4.54. The number of amides is 1. The number of nitrogens with one attached hydrogen (secondary N) is 1. The molecule has 0 aliphatic heterocycles. The van der Waals surface area contributed by atoms with Crippen LogP contribution in [0.3, 0.4) is 0 Å². The molecule has 0 aromatic heterocycles. The number of hydrogen-bond acceptors (Lipinski definition) is 2. The molecule has 3 heteroatoms. The normalized spacial score (nSPS) is 13.2. The molecule has 0 bridgehead atoms. The Hall–Kier alpha value is -1.35. The number of rotatable bonds is 4. The van der Waals surface area contributed by atoms with Crippen molar-refractivity contribution in [2.24, 2.45) is 0 Å². The lowest BCUT2D eigenvalue weighted by molar-refractivity contribution is -0.131. The maximum absolute atomic E-state index is 11.8. The first-order valence-corrected chi connectivity index (χ1v) is 5.51. The van der Waals surface area contributed by atoms with E-state index in [-0.39, 0.29) is 11.4 Å². The molecule has 0 aliphatic rings. The van der Waals surface area contributed by atoms with Crippen molar-refractivity contribution < 1.29 is 9.90 Å². The molecule has 88 valence electrons. The van der Waals surface area contributed by atoms with Crippen LogP contribution in [0.4, 0.5) is 0 Å². The smallest absolute Gasteiger partial charge is 0.253 e. The molecule has 2 N–H and O–H groups in total. The van der Waals surface area contributed by atoms with Crippen molar-refractivity contribution in [1.29, 1.82) is 0 Å². The summed E-state index contributed by atoms with van der Waals surface area (Å²) in [6.07, 6.45) is -0.271. The van der Waals surface area contributed by atoms with Crippen LogP contribution in [0.15, 0.2) is 30.3 Å². The Kier molecular flexibility index (Phi) is 4.07. The average molecular weight is 221 g/mol. The highest BCUT2D eigenvalue weighted by atomic mass is 16.3. The summed E-state index contributed by atoms with van der Waals surface area (Å²) in [5, 5.41) is 12.7. The molecule has 1 unspecified atom stereocenters. The average Bonchev–Trinajstić information content (AvgIpc) is 2.28. The first-order valence-electron chi connectivity index (χ1n) is 5.51. The molecule has 0 radical (unpaired) electrons. The van der Waals surface area contributed by atoms with Gasteiger partial charge in [-0.05, 0) is 25.8 Å². The van der Waals surface area contributed by atoms with E-state index in [1.165, 1.54) is 0 Å². The predicted octanol–water partition coefficient (Wildman–Crippen LogP) is 2.02. The molecule has 1 aromatic rings. The first kappa shape index (κ1) is 12.7. The third-order valence-corrected chi connectivity index (χ3v) is 2.71. The summed E-state index contributed by atoms with van der Waals surface area (Å²) in [5.41, 5.74) is 0.333. The van der Waals surface area contributed by atoms with Crippen LogP contribution in [0.2, 0.25) is 0 Å². The van der Waals surface area contributed by atoms with E-state index >= 15 is 0 Å². The minimum absolute atomic E-state index is 0.285. The summed E-state index contributed by atoms with van der Waals surface area (Å²) in [7, 11) is 0. The second-order valence-corrected chi connectivity index (χ2v) is 4.54. The van der Waals surface area contributed by atoms with Crippen LogP contribution in [-0.4, -0.2) is 16.6 Å². The van der Waals surface area contributed by atoms with Crippen LogP contribution >= 0.6 is 0 Å². The molecule has 0 saturated carbocycles. The summed E-state index contributed by atoms with van der Waals surface area (Å²) < 4.78 is 0. The molecule has 3 nitrogen and oxygen atoms in total. The number of hydrogen-bond donors (Lipinski definition) is 2. The Morgan fingerprint density at radius 1 is 1.38 bits per heavy atom. The van der Waals surface area contributed by atoms with E-state index in [1.54, 1.807) is 24.3 Å². The number of carbonyl (C=O) groups is 1. The van der Waals surface area contributed by atoms with Gasteiger partial charge >= 0.3 is 0 Å². The lowest BCUT2D eigenvalue weighted by atomic mass is 10.0. The Morgan fingerprint density at radius 3 is 2.44 bits per heavy atom. The molecular weight excluding hydrogens is 202 g/mol. The quantitative estimate of drug-likeness (QED) is 0.817. The fourth-order valence-electron chi connectivity index (χ4n) is 1.28. The van der Waals surface area contributed by atoms with E-state index in [0.29, 0.717) is 5.56 Å². The van der Waals surface area contributed by atoms with Crippen LogP contribution in [-0.2, 0) is 4.79 Å². The maximum atomic E-state index is 11.8. The van der Waals surface area contributed by atoms with Crippen LogP contribution in [0, 0.1) is 0 Å². The van der Waals surface area contributed by atoms with Crippen molar-refractivity contribution in [3.8, 4) is 0 Å². The van der Waals surface area contributed by atoms with Gasteiger partial charge in [-0.15, -0.1) is 0 Å². The minimum atomic E-state index is -1.09. The molecule has 0 heterocycles. The second kappa shape index (κ2) is 5.12. The largest absolute Gasteiger partial charge is 0.378 e. The van der Waals surface area contributed by atoms with Crippen molar-refractivity contribution in [3.05, 3.63) is 35.9 Å². The van der Waals surface area contributed by atoms with Gasteiger partial charge in [-0.1, -0.05) is 37.3 Å². The first-order chi connectivity index (χ1) is 7.46. The maximum Gasteiger partial charge on any atom is 0.253 e. The molecule has 0 aliphatic carbocycles. The van der Waals surface area contributed by atoms with Gasteiger partial charge in [0.15, 0.2) is 6.10 Å². The molecule has 0 fully saturated rings. The van der Waals surface area contributed by atoms with Crippen molar-refractivity contribution in [2.45, 2.75) is 38.8 Å². The molecule has 1 aromatic carbocycles. The van der Waals surface area contributed by atoms with Gasteiger partial charge in [-0.25, -0.2) is 0 Å². The third kappa shape index (κ3) is 3.35. The predicted molar refractivity (Wildman–Crippen MR) is 63.9 cm³/mol. The lowest BCUT2D eigenvalue weighted by Crippen LogP contribution is -2.45. The van der Waals surface area contributed by atoms with Gasteiger partial charge in [0.25, 0.3) is 5.91 Å². The van der Waals surface area contributed by atoms with Crippen molar-refractivity contribution in [3.63, 3.8) is 0 Å². The highest BCUT2D eigenvalue weighted by Gasteiger charge is 2.23. The zero-order valence-corrected chi connectivity index (χ0v) is 10.0. The Labute approximate surface area is 96.5 Å². The monoisotopic (exact) mass is 221 g/mol. The van der Waals surface area contributed by atoms with E-state index in [1.807, 2.05) is 26.8 Å². The Morgan fingerprint density at radius 2 is 1.94 bits per heavy atom. The summed E-state index contributed by atoms with van der Waals surface area (Å²) in [6.45, 7) is 5.86. The van der Waals surface area contributed by atoms with Crippen molar-refractivity contribution in [1.82, 2.24) is 5.32 Å². The van der Waals surface area contributed by atoms with E-state index < -0.39 is 6.10 Å². The highest BCUT2D eigenvalue weighted by molar-refractivity contribution is 5.82. The van der Waals surface area contributed by atoms with Gasteiger partial charge in [0, 0.05) is 5.54 Å². The summed E-state index contributed by atoms with van der Waals surface area (Å²) in [5.74, 6) is -0.349. The van der Waals surface area contributed by atoms with Crippen LogP contribution in [0.5, 0.6) is 0 Å². The highest BCUT2D eigenvalue weighted by Crippen LogP contribution is 2.15. The molecular formula is C13H19NO2. The zero-order chi connectivity index (χ0) is 12.2. The lowest BCUT2D eigenvalue weighted by Gasteiger charge is -2.26. The summed E-state index contributed by atoms with van der Waals surface area (Å²) in [4.78, 5) is 11.8. The molecule has 16 heavy (non-hydrogen) atoms. The van der Waals surface area contributed by atoms with Gasteiger partial charge in [0.05, 0.1) is 0 Å². The Bertz CT molecular complexity index is 346. The van der Waals surface area contributed by atoms with Gasteiger partial charge in [0.1, 0.15) is 0 Å². The van der Waals surface area contributed by atoms with Crippen LogP contribution < -0.4 is 5.32 Å². The number of carbonyl (C=O) groups excluding carboxylic acids is 1. The third-order valence-electron chi connectivity index (χ3n) is 2.71.